The Morgan fingerprint density at radius 3 is 2.93 bits per heavy atom. The van der Waals surface area contributed by atoms with Gasteiger partial charge in [-0.05, 0) is 36.2 Å². The number of nitrogens with one attached hydrogen (secondary N) is 2. The molecule has 0 atom stereocenters. The minimum atomic E-state index is -0.0361. The summed E-state index contributed by atoms with van der Waals surface area (Å²) in [7, 11) is 1.61. The van der Waals surface area contributed by atoms with Crippen LogP contribution in [0.4, 0.5) is 0 Å². The first-order valence-corrected chi connectivity index (χ1v) is 9.51. The molecule has 2 heterocycles. The van der Waals surface area contributed by atoms with Crippen molar-refractivity contribution in [1.82, 2.24) is 20.5 Å². The van der Waals surface area contributed by atoms with Gasteiger partial charge in [0, 0.05) is 42.0 Å². The number of methoxy groups -OCH3 is 1. The number of aromatic nitrogens is 3. The molecule has 7 heteroatoms. The van der Waals surface area contributed by atoms with Crippen molar-refractivity contribution in [3.05, 3.63) is 66.2 Å². The van der Waals surface area contributed by atoms with Gasteiger partial charge in [0.05, 0.1) is 7.11 Å². The molecule has 0 bridgehead atoms. The summed E-state index contributed by atoms with van der Waals surface area (Å²) in [6, 6.07) is 15.6. The van der Waals surface area contributed by atoms with E-state index in [1.165, 1.54) is 10.9 Å². The summed E-state index contributed by atoms with van der Waals surface area (Å²) in [6.07, 6.45) is 3.47. The molecule has 7 nitrogen and oxygen atoms in total. The standard InChI is InChI=1S/C22H22N4O3/c1-28-17-6-4-5-15(13-17)22-26-25-21(29-22)10-9-20(27)23-12-11-16-14-24-19-8-3-2-7-18(16)19/h2-8,13-14,24H,9-12H2,1H3,(H,23,27). The first kappa shape index (κ1) is 18.7. The molecular weight excluding hydrogens is 368 g/mol. The Morgan fingerprint density at radius 2 is 2.03 bits per heavy atom. The van der Waals surface area contributed by atoms with Gasteiger partial charge >= 0.3 is 0 Å². The van der Waals surface area contributed by atoms with Gasteiger partial charge < -0.3 is 19.5 Å². The number of aryl methyl sites for hydroxylation is 1. The first-order valence-electron chi connectivity index (χ1n) is 9.51. The first-order chi connectivity index (χ1) is 14.2. The normalized spacial score (nSPS) is 10.9. The smallest absolute Gasteiger partial charge is 0.247 e. The number of hydrogen-bond acceptors (Lipinski definition) is 5. The number of benzene rings is 2. The van der Waals surface area contributed by atoms with Gasteiger partial charge in [0.2, 0.25) is 17.7 Å². The number of aromatic amines is 1. The van der Waals surface area contributed by atoms with E-state index < -0.39 is 0 Å². The van der Waals surface area contributed by atoms with Gasteiger partial charge in [0.15, 0.2) is 0 Å². The number of H-pyrrole nitrogens is 1. The maximum absolute atomic E-state index is 12.1. The minimum Gasteiger partial charge on any atom is -0.497 e. The van der Waals surface area contributed by atoms with Crippen LogP contribution in [0.1, 0.15) is 17.9 Å². The Bertz CT molecular complexity index is 1120. The van der Waals surface area contributed by atoms with Crippen molar-refractivity contribution < 1.29 is 13.9 Å². The second-order valence-electron chi connectivity index (χ2n) is 6.69. The Kier molecular flexibility index (Phi) is 5.56. The van der Waals surface area contributed by atoms with Crippen LogP contribution in [0.5, 0.6) is 5.75 Å². The van der Waals surface area contributed by atoms with E-state index in [2.05, 4.69) is 26.6 Å². The molecule has 2 N–H and O–H groups in total. The molecule has 0 saturated heterocycles. The summed E-state index contributed by atoms with van der Waals surface area (Å²) in [6.45, 7) is 0.583. The van der Waals surface area contributed by atoms with Crippen LogP contribution < -0.4 is 10.1 Å². The van der Waals surface area contributed by atoms with Gasteiger partial charge in [-0.1, -0.05) is 24.3 Å². The van der Waals surface area contributed by atoms with Gasteiger partial charge in [-0.2, -0.15) is 0 Å². The van der Waals surface area contributed by atoms with Crippen molar-refractivity contribution in [2.45, 2.75) is 19.3 Å². The zero-order valence-corrected chi connectivity index (χ0v) is 16.1. The number of hydrogen-bond donors (Lipinski definition) is 2. The predicted octanol–water partition coefficient (Wildman–Crippen LogP) is 3.52. The maximum Gasteiger partial charge on any atom is 0.247 e. The molecule has 0 unspecified atom stereocenters. The largest absolute Gasteiger partial charge is 0.497 e. The SMILES string of the molecule is COc1cccc(-c2nnc(CCC(=O)NCCc3c[nH]c4ccccc34)o2)c1. The fourth-order valence-corrected chi connectivity index (χ4v) is 3.21. The lowest BCUT2D eigenvalue weighted by Gasteiger charge is -2.04. The molecule has 2 aromatic heterocycles. The third-order valence-corrected chi connectivity index (χ3v) is 4.74. The highest BCUT2D eigenvalue weighted by Gasteiger charge is 2.11. The van der Waals surface area contributed by atoms with Crippen molar-refractivity contribution in [1.29, 1.82) is 0 Å². The summed E-state index contributed by atoms with van der Waals surface area (Å²) < 4.78 is 10.9. The number of carbonyl (C=O) groups is 1. The van der Waals surface area contributed by atoms with E-state index in [9.17, 15) is 4.79 Å². The second-order valence-corrected chi connectivity index (χ2v) is 6.69. The third kappa shape index (κ3) is 4.45. The molecule has 2 aromatic carbocycles. The lowest BCUT2D eigenvalue weighted by Crippen LogP contribution is -2.25. The Balaban J connectivity index is 1.26. The van der Waals surface area contributed by atoms with E-state index in [1.54, 1.807) is 7.11 Å². The topological polar surface area (TPSA) is 93.0 Å². The highest BCUT2D eigenvalue weighted by atomic mass is 16.5. The predicted molar refractivity (Wildman–Crippen MR) is 110 cm³/mol. The zero-order valence-electron chi connectivity index (χ0n) is 16.1. The van der Waals surface area contributed by atoms with Crippen LogP contribution in [0.15, 0.2) is 59.1 Å². The van der Waals surface area contributed by atoms with Crippen LogP contribution in [-0.4, -0.2) is 34.7 Å². The lowest BCUT2D eigenvalue weighted by atomic mass is 10.1. The number of nitrogens with zero attached hydrogens (tertiary/aromatic N) is 2. The molecule has 29 heavy (non-hydrogen) atoms. The van der Waals surface area contributed by atoms with Crippen molar-refractivity contribution in [2.75, 3.05) is 13.7 Å². The van der Waals surface area contributed by atoms with Gasteiger partial charge in [0.1, 0.15) is 5.75 Å². The molecule has 4 rings (SSSR count). The number of ether oxygens (including phenoxy) is 1. The van der Waals surface area contributed by atoms with E-state index in [4.69, 9.17) is 9.15 Å². The fraction of sp³-hybridized carbons (Fsp3) is 0.227. The van der Waals surface area contributed by atoms with Crippen LogP contribution in [-0.2, 0) is 17.6 Å². The summed E-state index contributed by atoms with van der Waals surface area (Å²) in [5.41, 5.74) is 3.09. The van der Waals surface area contributed by atoms with Gasteiger partial charge in [-0.25, -0.2) is 0 Å². The molecule has 0 spiro atoms. The summed E-state index contributed by atoms with van der Waals surface area (Å²) in [5.74, 6) is 1.54. The van der Waals surface area contributed by atoms with Gasteiger partial charge in [-0.15, -0.1) is 10.2 Å². The number of fused-ring (bicyclic) bond motifs is 1. The van der Waals surface area contributed by atoms with Crippen LogP contribution in [0.25, 0.3) is 22.4 Å². The van der Waals surface area contributed by atoms with Gasteiger partial charge in [-0.3, -0.25) is 4.79 Å². The van der Waals surface area contributed by atoms with E-state index in [1.807, 2.05) is 48.7 Å². The molecule has 1 amide bonds. The monoisotopic (exact) mass is 390 g/mol. The molecule has 0 fully saturated rings. The quantitative estimate of drug-likeness (QED) is 0.480. The second kappa shape index (κ2) is 8.60. The van der Waals surface area contributed by atoms with E-state index in [0.717, 1.165) is 23.3 Å². The van der Waals surface area contributed by atoms with Gasteiger partial charge in [0.25, 0.3) is 0 Å². The summed E-state index contributed by atoms with van der Waals surface area (Å²) in [5, 5.41) is 12.2. The maximum atomic E-state index is 12.1. The number of para-hydroxylation sites is 1. The Morgan fingerprint density at radius 1 is 1.14 bits per heavy atom. The summed E-state index contributed by atoms with van der Waals surface area (Å²) in [4.78, 5) is 15.4. The van der Waals surface area contributed by atoms with Crippen LogP contribution >= 0.6 is 0 Å². The average molecular weight is 390 g/mol. The molecule has 0 saturated carbocycles. The average Bonchev–Trinajstić information content (AvgIpc) is 3.40. The van der Waals surface area contributed by atoms with Crippen LogP contribution in [0.3, 0.4) is 0 Å². The lowest BCUT2D eigenvalue weighted by molar-refractivity contribution is -0.121. The molecule has 0 aliphatic heterocycles. The molecule has 0 aliphatic rings. The summed E-state index contributed by atoms with van der Waals surface area (Å²) >= 11 is 0. The number of rotatable bonds is 8. The molecule has 148 valence electrons. The molecular formula is C22H22N4O3. The van der Waals surface area contributed by atoms with E-state index >= 15 is 0 Å². The van der Waals surface area contributed by atoms with Crippen LogP contribution in [0, 0.1) is 0 Å². The molecule has 4 aromatic rings. The highest BCUT2D eigenvalue weighted by Crippen LogP contribution is 2.23. The molecule has 0 aliphatic carbocycles. The van der Waals surface area contributed by atoms with E-state index in [-0.39, 0.29) is 5.91 Å². The van der Waals surface area contributed by atoms with Crippen molar-refractivity contribution >= 4 is 16.8 Å². The highest BCUT2D eigenvalue weighted by molar-refractivity contribution is 5.83. The van der Waals surface area contributed by atoms with E-state index in [0.29, 0.717) is 31.2 Å². The Hall–Kier alpha value is -3.61. The zero-order chi connectivity index (χ0) is 20.1. The minimum absolute atomic E-state index is 0.0361. The van der Waals surface area contributed by atoms with Crippen LogP contribution in [0.2, 0.25) is 0 Å². The number of amides is 1. The van der Waals surface area contributed by atoms with Crippen molar-refractivity contribution in [2.24, 2.45) is 0 Å². The van der Waals surface area contributed by atoms with Crippen molar-refractivity contribution in [3.8, 4) is 17.2 Å². The fourth-order valence-electron chi connectivity index (χ4n) is 3.21. The Labute approximate surface area is 168 Å². The number of carbonyl (C=O) groups excluding carboxylic acids is 1. The third-order valence-electron chi connectivity index (χ3n) is 4.74. The van der Waals surface area contributed by atoms with Crippen molar-refractivity contribution in [3.63, 3.8) is 0 Å². The molecule has 0 radical (unpaired) electrons.